The molecule has 0 aliphatic rings. The molecule has 0 fully saturated rings. The number of amides is 1. The Hall–Kier alpha value is -4.05. The van der Waals surface area contributed by atoms with Crippen LogP contribution in [0.25, 0.3) is 0 Å². The number of anilines is 3. The van der Waals surface area contributed by atoms with Gasteiger partial charge in [0.2, 0.25) is 0 Å². The van der Waals surface area contributed by atoms with Crippen molar-refractivity contribution in [2.24, 2.45) is 0 Å². The highest BCUT2D eigenvalue weighted by molar-refractivity contribution is 6.04. The zero-order valence-corrected chi connectivity index (χ0v) is 17.2. The summed E-state index contributed by atoms with van der Waals surface area (Å²) in [5.74, 6) is -0.117. The number of para-hydroxylation sites is 3. The highest BCUT2D eigenvalue weighted by Gasteiger charge is 2.10. The number of hydrogen-bond acceptors (Lipinski definition) is 3. The van der Waals surface area contributed by atoms with Crippen molar-refractivity contribution >= 4 is 23.0 Å². The van der Waals surface area contributed by atoms with Crippen molar-refractivity contribution in [3.63, 3.8) is 0 Å². The minimum atomic E-state index is -0.117. The lowest BCUT2D eigenvalue weighted by molar-refractivity contribution is 0.102. The Kier molecular flexibility index (Phi) is 6.61. The summed E-state index contributed by atoms with van der Waals surface area (Å²) in [4.78, 5) is 12.9. The monoisotopic (exact) mass is 407 g/mol. The first-order chi connectivity index (χ1) is 15.3. The number of benzene rings is 4. The molecule has 4 rings (SSSR count). The molecule has 4 aromatic carbocycles. The molecule has 0 saturated heterocycles. The van der Waals surface area contributed by atoms with Crippen LogP contribution in [0.2, 0.25) is 0 Å². The summed E-state index contributed by atoms with van der Waals surface area (Å²) in [6.45, 7) is 1.27. The smallest absolute Gasteiger partial charge is 0.255 e. The molecule has 31 heavy (non-hydrogen) atoms. The minimum absolute atomic E-state index is 0.117. The third-order valence-electron chi connectivity index (χ3n) is 4.89. The predicted octanol–water partition coefficient (Wildman–Crippen LogP) is 6.16. The summed E-state index contributed by atoms with van der Waals surface area (Å²) in [6.07, 6.45) is 0. The van der Waals surface area contributed by atoms with Crippen LogP contribution >= 0.6 is 0 Å². The average molecular weight is 408 g/mol. The van der Waals surface area contributed by atoms with Gasteiger partial charge in [0.05, 0.1) is 0 Å². The largest absolute Gasteiger partial charge is 0.381 e. The Balaban J connectivity index is 1.54. The van der Waals surface area contributed by atoms with E-state index in [1.165, 1.54) is 0 Å². The van der Waals surface area contributed by atoms with E-state index in [0.29, 0.717) is 18.7 Å². The van der Waals surface area contributed by atoms with E-state index in [2.05, 4.69) is 22.0 Å². The SMILES string of the molecule is O=C(Nc1ccccc1)c1cc(CNc2ccccc2)cc(CNc2ccccc2)c1. The Morgan fingerprint density at radius 2 is 0.968 bits per heavy atom. The second-order valence-electron chi connectivity index (χ2n) is 7.30. The van der Waals surface area contributed by atoms with Crippen molar-refractivity contribution in [3.8, 4) is 0 Å². The summed E-state index contributed by atoms with van der Waals surface area (Å²) < 4.78 is 0. The molecule has 4 aromatic rings. The van der Waals surface area contributed by atoms with Gasteiger partial charge in [0.25, 0.3) is 5.91 Å². The van der Waals surface area contributed by atoms with Gasteiger partial charge in [0.15, 0.2) is 0 Å². The molecule has 0 aromatic heterocycles. The summed E-state index contributed by atoms with van der Waals surface area (Å²) >= 11 is 0. The van der Waals surface area contributed by atoms with Crippen molar-refractivity contribution < 1.29 is 4.79 Å². The molecule has 0 spiro atoms. The van der Waals surface area contributed by atoms with Gasteiger partial charge in [-0.25, -0.2) is 0 Å². The summed E-state index contributed by atoms with van der Waals surface area (Å²) in [6, 6.07) is 35.7. The molecule has 0 radical (unpaired) electrons. The Morgan fingerprint density at radius 1 is 0.548 bits per heavy atom. The molecular formula is C27H25N3O. The lowest BCUT2D eigenvalue weighted by atomic mass is 10.0. The van der Waals surface area contributed by atoms with Gasteiger partial charge in [-0.1, -0.05) is 60.7 Å². The molecule has 3 N–H and O–H groups in total. The van der Waals surface area contributed by atoms with E-state index < -0.39 is 0 Å². The van der Waals surface area contributed by atoms with Gasteiger partial charge < -0.3 is 16.0 Å². The van der Waals surface area contributed by atoms with Crippen LogP contribution < -0.4 is 16.0 Å². The second kappa shape index (κ2) is 10.1. The number of hydrogen-bond donors (Lipinski definition) is 3. The third-order valence-corrected chi connectivity index (χ3v) is 4.89. The van der Waals surface area contributed by atoms with E-state index in [1.54, 1.807) is 0 Å². The van der Waals surface area contributed by atoms with Crippen molar-refractivity contribution in [2.75, 3.05) is 16.0 Å². The normalized spacial score (nSPS) is 10.3. The zero-order chi connectivity index (χ0) is 21.3. The van der Waals surface area contributed by atoms with Crippen LogP contribution in [-0.2, 0) is 13.1 Å². The Labute approximate surface area is 183 Å². The molecule has 0 bridgehead atoms. The fraction of sp³-hybridized carbons (Fsp3) is 0.0741. The molecule has 0 aliphatic heterocycles. The highest BCUT2D eigenvalue weighted by atomic mass is 16.1. The van der Waals surface area contributed by atoms with Crippen LogP contribution in [-0.4, -0.2) is 5.91 Å². The maximum absolute atomic E-state index is 12.9. The predicted molar refractivity (Wildman–Crippen MR) is 128 cm³/mol. The molecule has 0 unspecified atom stereocenters. The van der Waals surface area contributed by atoms with Gasteiger partial charge in [-0.15, -0.1) is 0 Å². The van der Waals surface area contributed by atoms with E-state index >= 15 is 0 Å². The van der Waals surface area contributed by atoms with Crippen molar-refractivity contribution in [3.05, 3.63) is 126 Å². The second-order valence-corrected chi connectivity index (χ2v) is 7.30. The summed E-state index contributed by atoms with van der Waals surface area (Å²) in [5.41, 5.74) is 5.62. The Bertz CT molecular complexity index is 1050. The zero-order valence-electron chi connectivity index (χ0n) is 17.2. The van der Waals surface area contributed by atoms with Crippen LogP contribution in [0.1, 0.15) is 21.5 Å². The van der Waals surface area contributed by atoms with Crippen molar-refractivity contribution in [1.82, 2.24) is 0 Å². The van der Waals surface area contributed by atoms with Crippen LogP contribution in [0.5, 0.6) is 0 Å². The topological polar surface area (TPSA) is 53.2 Å². The van der Waals surface area contributed by atoms with E-state index in [4.69, 9.17) is 0 Å². The Morgan fingerprint density at radius 3 is 1.42 bits per heavy atom. The molecule has 4 nitrogen and oxygen atoms in total. The van der Waals surface area contributed by atoms with E-state index in [1.807, 2.05) is 103 Å². The van der Waals surface area contributed by atoms with Gasteiger partial charge in [-0.3, -0.25) is 4.79 Å². The first-order valence-electron chi connectivity index (χ1n) is 10.3. The third kappa shape index (κ3) is 5.97. The maximum atomic E-state index is 12.9. The van der Waals surface area contributed by atoms with E-state index in [0.717, 1.165) is 28.2 Å². The van der Waals surface area contributed by atoms with Gasteiger partial charge in [-0.05, 0) is 59.7 Å². The lowest BCUT2D eigenvalue weighted by Gasteiger charge is -2.13. The fourth-order valence-electron chi connectivity index (χ4n) is 3.34. The highest BCUT2D eigenvalue weighted by Crippen LogP contribution is 2.17. The molecule has 4 heteroatoms. The molecule has 0 saturated carbocycles. The fourth-order valence-corrected chi connectivity index (χ4v) is 3.34. The van der Waals surface area contributed by atoms with Gasteiger partial charge >= 0.3 is 0 Å². The minimum Gasteiger partial charge on any atom is -0.381 e. The lowest BCUT2D eigenvalue weighted by Crippen LogP contribution is -2.14. The standard InChI is InChI=1S/C27H25N3O/c31-27(30-26-14-8-3-9-15-26)23-17-21(19-28-24-10-4-1-5-11-24)16-22(18-23)20-29-25-12-6-2-7-13-25/h1-18,28-29H,19-20H2,(H,30,31). The quantitative estimate of drug-likeness (QED) is 0.328. The van der Waals surface area contributed by atoms with Crippen LogP contribution in [0.4, 0.5) is 17.1 Å². The van der Waals surface area contributed by atoms with Crippen molar-refractivity contribution in [1.29, 1.82) is 0 Å². The first kappa shape index (κ1) is 20.2. The van der Waals surface area contributed by atoms with Gasteiger partial charge in [-0.2, -0.15) is 0 Å². The van der Waals surface area contributed by atoms with Gasteiger partial charge in [0, 0.05) is 35.7 Å². The van der Waals surface area contributed by atoms with E-state index in [-0.39, 0.29) is 5.91 Å². The molecule has 1 amide bonds. The number of carbonyl (C=O) groups is 1. The number of rotatable bonds is 8. The molecule has 0 heterocycles. The molecule has 0 aliphatic carbocycles. The van der Waals surface area contributed by atoms with Gasteiger partial charge in [0.1, 0.15) is 0 Å². The average Bonchev–Trinajstić information content (AvgIpc) is 2.83. The van der Waals surface area contributed by atoms with E-state index in [9.17, 15) is 4.79 Å². The summed E-state index contributed by atoms with van der Waals surface area (Å²) in [5, 5.41) is 9.83. The van der Waals surface area contributed by atoms with Crippen LogP contribution in [0.15, 0.2) is 109 Å². The first-order valence-corrected chi connectivity index (χ1v) is 10.3. The molecule has 0 atom stereocenters. The molecular weight excluding hydrogens is 382 g/mol. The van der Waals surface area contributed by atoms with Crippen LogP contribution in [0, 0.1) is 0 Å². The number of nitrogens with one attached hydrogen (secondary N) is 3. The van der Waals surface area contributed by atoms with Crippen LogP contribution in [0.3, 0.4) is 0 Å². The summed E-state index contributed by atoms with van der Waals surface area (Å²) in [7, 11) is 0. The maximum Gasteiger partial charge on any atom is 0.255 e. The molecule has 154 valence electrons. The van der Waals surface area contributed by atoms with Crippen molar-refractivity contribution in [2.45, 2.75) is 13.1 Å². The number of carbonyl (C=O) groups excluding carboxylic acids is 1.